The van der Waals surface area contributed by atoms with Gasteiger partial charge in [-0.25, -0.2) is 4.79 Å². The minimum absolute atomic E-state index is 0.0590. The molecule has 0 N–H and O–H groups in total. The van der Waals surface area contributed by atoms with E-state index >= 15 is 0 Å². The Morgan fingerprint density at radius 1 is 1.22 bits per heavy atom. The van der Waals surface area contributed by atoms with Gasteiger partial charge >= 0.3 is 5.97 Å². The number of rotatable bonds is 1. The predicted molar refractivity (Wildman–Crippen MR) is 69.7 cm³/mol. The van der Waals surface area contributed by atoms with Crippen molar-refractivity contribution in [2.45, 2.75) is 26.9 Å². The molecule has 1 heterocycles. The Labute approximate surface area is 107 Å². The van der Waals surface area contributed by atoms with E-state index in [9.17, 15) is 4.79 Å². The summed E-state index contributed by atoms with van der Waals surface area (Å²) in [4.78, 5) is 11.7. The number of carbonyl (C=O) groups is 1. The van der Waals surface area contributed by atoms with Gasteiger partial charge in [0.25, 0.3) is 0 Å². The SMILES string of the molecule is CC(C)(C)C1COC(=O)/C(=C/c2ccccc2)O1. The van der Waals surface area contributed by atoms with E-state index in [1.807, 2.05) is 30.3 Å². The van der Waals surface area contributed by atoms with E-state index in [0.29, 0.717) is 6.61 Å². The summed E-state index contributed by atoms with van der Waals surface area (Å²) in [5, 5.41) is 0. The van der Waals surface area contributed by atoms with Crippen molar-refractivity contribution in [3.8, 4) is 0 Å². The maximum atomic E-state index is 11.7. The van der Waals surface area contributed by atoms with Crippen LogP contribution in [0.25, 0.3) is 6.08 Å². The average Bonchev–Trinajstić information content (AvgIpc) is 2.32. The number of esters is 1. The molecule has 1 aromatic carbocycles. The third kappa shape index (κ3) is 2.92. The normalized spacial score (nSPS) is 22.5. The van der Waals surface area contributed by atoms with Crippen molar-refractivity contribution in [2.24, 2.45) is 5.41 Å². The summed E-state index contributed by atoms with van der Waals surface area (Å²) in [5.41, 5.74) is 0.871. The maximum Gasteiger partial charge on any atom is 0.373 e. The topological polar surface area (TPSA) is 35.5 Å². The molecule has 0 amide bonds. The Morgan fingerprint density at radius 3 is 2.50 bits per heavy atom. The Bertz CT molecular complexity index is 454. The number of carbonyl (C=O) groups excluding carboxylic acids is 1. The summed E-state index contributed by atoms with van der Waals surface area (Å²) in [6.07, 6.45) is 1.62. The fraction of sp³-hybridized carbons (Fsp3) is 0.400. The van der Waals surface area contributed by atoms with Gasteiger partial charge in [-0.3, -0.25) is 0 Å². The molecule has 0 spiro atoms. The third-order valence-corrected chi connectivity index (χ3v) is 2.90. The van der Waals surface area contributed by atoms with Gasteiger partial charge in [-0.05, 0) is 11.6 Å². The van der Waals surface area contributed by atoms with Gasteiger partial charge in [0.05, 0.1) is 0 Å². The van der Waals surface area contributed by atoms with Gasteiger partial charge in [-0.15, -0.1) is 0 Å². The molecule has 1 atom stereocenters. The van der Waals surface area contributed by atoms with Crippen molar-refractivity contribution < 1.29 is 14.3 Å². The maximum absolute atomic E-state index is 11.7. The van der Waals surface area contributed by atoms with Crippen LogP contribution in [0, 0.1) is 5.41 Å². The fourth-order valence-corrected chi connectivity index (χ4v) is 1.68. The summed E-state index contributed by atoms with van der Waals surface area (Å²) < 4.78 is 10.9. The molecule has 0 aromatic heterocycles. The Hall–Kier alpha value is -1.77. The molecule has 0 bridgehead atoms. The minimum Gasteiger partial charge on any atom is -0.479 e. The van der Waals surface area contributed by atoms with E-state index in [2.05, 4.69) is 20.8 Å². The van der Waals surface area contributed by atoms with Crippen LogP contribution in [0.1, 0.15) is 26.3 Å². The lowest BCUT2D eigenvalue weighted by Gasteiger charge is -2.34. The van der Waals surface area contributed by atoms with Crippen LogP contribution in [-0.4, -0.2) is 18.7 Å². The summed E-state index contributed by atoms with van der Waals surface area (Å²) >= 11 is 0. The smallest absolute Gasteiger partial charge is 0.373 e. The highest BCUT2D eigenvalue weighted by Crippen LogP contribution is 2.28. The van der Waals surface area contributed by atoms with Crippen molar-refractivity contribution in [1.82, 2.24) is 0 Å². The quantitative estimate of drug-likeness (QED) is 0.564. The number of cyclic esters (lactones) is 1. The van der Waals surface area contributed by atoms with Gasteiger partial charge < -0.3 is 9.47 Å². The minimum atomic E-state index is -0.389. The second-order valence-corrected chi connectivity index (χ2v) is 5.49. The van der Waals surface area contributed by atoms with Crippen LogP contribution in [0.5, 0.6) is 0 Å². The van der Waals surface area contributed by atoms with Gasteiger partial charge in [-0.1, -0.05) is 51.1 Å². The lowest BCUT2D eigenvalue weighted by Crippen LogP contribution is -2.39. The van der Waals surface area contributed by atoms with Crippen LogP contribution in [0.2, 0.25) is 0 Å². The first-order valence-corrected chi connectivity index (χ1v) is 6.07. The monoisotopic (exact) mass is 246 g/mol. The lowest BCUT2D eigenvalue weighted by atomic mass is 9.89. The van der Waals surface area contributed by atoms with Crippen molar-refractivity contribution >= 4 is 12.0 Å². The van der Waals surface area contributed by atoms with Crippen LogP contribution in [0.4, 0.5) is 0 Å². The zero-order valence-electron chi connectivity index (χ0n) is 11.0. The first kappa shape index (κ1) is 12.7. The first-order chi connectivity index (χ1) is 8.47. The molecular formula is C15H18O3. The Balaban J connectivity index is 2.21. The number of hydrogen-bond donors (Lipinski definition) is 0. The molecule has 0 radical (unpaired) electrons. The highest BCUT2D eigenvalue weighted by molar-refractivity contribution is 5.92. The number of ether oxygens (including phenoxy) is 2. The number of hydrogen-bond acceptors (Lipinski definition) is 3. The third-order valence-electron chi connectivity index (χ3n) is 2.90. The van der Waals surface area contributed by atoms with Gasteiger partial charge in [-0.2, -0.15) is 0 Å². The molecule has 18 heavy (non-hydrogen) atoms. The van der Waals surface area contributed by atoms with Crippen LogP contribution >= 0.6 is 0 Å². The molecular weight excluding hydrogens is 228 g/mol. The molecule has 1 unspecified atom stereocenters. The second-order valence-electron chi connectivity index (χ2n) is 5.49. The zero-order valence-corrected chi connectivity index (χ0v) is 11.0. The molecule has 1 aliphatic heterocycles. The molecule has 1 saturated heterocycles. The molecule has 3 nitrogen and oxygen atoms in total. The molecule has 1 aromatic rings. The summed E-state index contributed by atoms with van der Waals surface area (Å²) in [6.45, 7) is 6.51. The van der Waals surface area contributed by atoms with Gasteiger partial charge in [0.1, 0.15) is 12.7 Å². The summed E-state index contributed by atoms with van der Waals surface area (Å²) in [7, 11) is 0. The van der Waals surface area contributed by atoms with Crippen molar-refractivity contribution in [3.05, 3.63) is 41.7 Å². The largest absolute Gasteiger partial charge is 0.479 e. The molecule has 1 aliphatic rings. The molecule has 0 aliphatic carbocycles. The van der Waals surface area contributed by atoms with Crippen molar-refractivity contribution in [2.75, 3.05) is 6.61 Å². The predicted octanol–water partition coefficient (Wildman–Crippen LogP) is 3.02. The molecule has 96 valence electrons. The van der Waals surface area contributed by atoms with Crippen molar-refractivity contribution in [1.29, 1.82) is 0 Å². The van der Waals surface area contributed by atoms with Gasteiger partial charge in [0, 0.05) is 5.41 Å². The molecule has 3 heteroatoms. The second kappa shape index (κ2) is 4.84. The van der Waals surface area contributed by atoms with E-state index in [4.69, 9.17) is 9.47 Å². The Kier molecular flexibility index (Phi) is 3.41. The molecule has 1 fully saturated rings. The van der Waals surface area contributed by atoms with E-state index in [0.717, 1.165) is 5.56 Å². The first-order valence-electron chi connectivity index (χ1n) is 6.07. The van der Waals surface area contributed by atoms with Crippen LogP contribution in [-0.2, 0) is 14.3 Å². The number of benzene rings is 1. The zero-order chi connectivity index (χ0) is 13.2. The fourth-order valence-electron chi connectivity index (χ4n) is 1.68. The van der Waals surface area contributed by atoms with Crippen LogP contribution in [0.3, 0.4) is 0 Å². The molecule has 2 rings (SSSR count). The standard InChI is InChI=1S/C15H18O3/c1-15(2,3)13-10-17-14(16)12(18-13)9-11-7-5-4-6-8-11/h4-9,13H,10H2,1-3H3/b12-9-. The summed E-state index contributed by atoms with van der Waals surface area (Å²) in [6, 6.07) is 9.61. The Morgan fingerprint density at radius 2 is 1.89 bits per heavy atom. The van der Waals surface area contributed by atoms with E-state index < -0.39 is 0 Å². The van der Waals surface area contributed by atoms with Gasteiger partial charge in [0.15, 0.2) is 0 Å². The van der Waals surface area contributed by atoms with Gasteiger partial charge in [0.2, 0.25) is 5.76 Å². The molecule has 0 saturated carbocycles. The lowest BCUT2D eigenvalue weighted by molar-refractivity contribution is -0.162. The van der Waals surface area contributed by atoms with Crippen LogP contribution in [0.15, 0.2) is 36.1 Å². The summed E-state index contributed by atoms with van der Waals surface area (Å²) in [5.74, 6) is -0.105. The van der Waals surface area contributed by atoms with E-state index in [1.54, 1.807) is 6.08 Å². The van der Waals surface area contributed by atoms with E-state index in [-0.39, 0.29) is 23.2 Å². The highest BCUT2D eigenvalue weighted by atomic mass is 16.6. The highest BCUT2D eigenvalue weighted by Gasteiger charge is 2.34. The average molecular weight is 246 g/mol. The van der Waals surface area contributed by atoms with E-state index in [1.165, 1.54) is 0 Å². The van der Waals surface area contributed by atoms with Crippen molar-refractivity contribution in [3.63, 3.8) is 0 Å². The van der Waals surface area contributed by atoms with Crippen LogP contribution < -0.4 is 0 Å².